The lowest BCUT2D eigenvalue weighted by atomic mass is 10.1. The predicted octanol–water partition coefficient (Wildman–Crippen LogP) is 0.636. The fraction of sp³-hybridized carbons (Fsp3) is 0.0909. The zero-order chi connectivity index (χ0) is 11.7. The van der Waals surface area contributed by atoms with Gasteiger partial charge >= 0.3 is 0 Å². The number of hydrogen-bond acceptors (Lipinski definition) is 3. The largest absolute Gasteiger partial charge is 0.497 e. The van der Waals surface area contributed by atoms with Gasteiger partial charge in [0.05, 0.1) is 12.7 Å². The molecule has 0 spiro atoms. The molecule has 5 heteroatoms. The predicted molar refractivity (Wildman–Crippen MR) is 59.6 cm³/mol. The molecule has 5 nitrogen and oxygen atoms in total. The second-order valence-corrected chi connectivity index (χ2v) is 3.32. The Bertz CT molecular complexity index is 616. The minimum atomic E-state index is -0.635. The highest BCUT2D eigenvalue weighted by atomic mass is 16.5. The summed E-state index contributed by atoms with van der Waals surface area (Å²) in [6.07, 6.45) is 0. The molecule has 0 aliphatic rings. The summed E-state index contributed by atoms with van der Waals surface area (Å²) in [4.78, 5) is 25.1. The van der Waals surface area contributed by atoms with Gasteiger partial charge in [-0.3, -0.25) is 9.59 Å². The van der Waals surface area contributed by atoms with Crippen molar-refractivity contribution in [2.45, 2.75) is 0 Å². The number of fused-ring (bicyclic) bond motifs is 1. The average molecular weight is 218 g/mol. The number of rotatable bonds is 2. The van der Waals surface area contributed by atoms with Gasteiger partial charge in [0.1, 0.15) is 5.75 Å². The van der Waals surface area contributed by atoms with E-state index in [0.717, 1.165) is 0 Å². The van der Waals surface area contributed by atoms with Crippen molar-refractivity contribution in [1.29, 1.82) is 0 Å². The van der Waals surface area contributed by atoms with Gasteiger partial charge < -0.3 is 15.5 Å². The van der Waals surface area contributed by atoms with Crippen molar-refractivity contribution in [3.05, 3.63) is 40.2 Å². The number of pyridine rings is 1. The van der Waals surface area contributed by atoms with Crippen molar-refractivity contribution < 1.29 is 9.53 Å². The molecule has 1 amide bonds. The fourth-order valence-corrected chi connectivity index (χ4v) is 1.56. The molecule has 2 rings (SSSR count). The maximum absolute atomic E-state index is 11.3. The molecule has 0 aliphatic carbocycles. The fourth-order valence-electron chi connectivity index (χ4n) is 1.56. The molecule has 2 aromatic rings. The molecule has 0 aliphatic heterocycles. The van der Waals surface area contributed by atoms with E-state index in [-0.39, 0.29) is 11.1 Å². The van der Waals surface area contributed by atoms with Crippen LogP contribution in [0, 0.1) is 0 Å². The Balaban J connectivity index is 2.86. The monoisotopic (exact) mass is 218 g/mol. The molecule has 0 fully saturated rings. The molecule has 0 radical (unpaired) electrons. The van der Waals surface area contributed by atoms with Gasteiger partial charge in [0.25, 0.3) is 0 Å². The van der Waals surface area contributed by atoms with Crippen LogP contribution >= 0.6 is 0 Å². The zero-order valence-corrected chi connectivity index (χ0v) is 8.61. The second-order valence-electron chi connectivity index (χ2n) is 3.32. The standard InChI is InChI=1S/C11H10N2O3/c1-16-6-2-3-9-7(4-6)8(11(12)15)5-10(14)13-9/h2-5H,1H3,(H2,12,15)(H,13,14). The molecule has 0 unspecified atom stereocenters. The van der Waals surface area contributed by atoms with E-state index in [4.69, 9.17) is 10.5 Å². The van der Waals surface area contributed by atoms with Crippen LogP contribution in [0.2, 0.25) is 0 Å². The van der Waals surface area contributed by atoms with Crippen LogP contribution in [0.15, 0.2) is 29.1 Å². The summed E-state index contributed by atoms with van der Waals surface area (Å²) in [5, 5.41) is 0.575. The molecular weight excluding hydrogens is 208 g/mol. The van der Waals surface area contributed by atoms with Gasteiger partial charge in [0.2, 0.25) is 11.5 Å². The SMILES string of the molecule is COc1ccc2[nH]c(=O)cc(C(N)=O)c2c1. The average Bonchev–Trinajstić information content (AvgIpc) is 2.27. The van der Waals surface area contributed by atoms with Gasteiger partial charge in [-0.15, -0.1) is 0 Å². The second kappa shape index (κ2) is 3.69. The number of nitrogens with one attached hydrogen (secondary N) is 1. The van der Waals surface area contributed by atoms with E-state index < -0.39 is 5.91 Å². The first-order valence-corrected chi connectivity index (χ1v) is 4.62. The number of methoxy groups -OCH3 is 1. The van der Waals surface area contributed by atoms with Gasteiger partial charge in [-0.2, -0.15) is 0 Å². The third-order valence-electron chi connectivity index (χ3n) is 2.32. The lowest BCUT2D eigenvalue weighted by molar-refractivity contribution is 0.100. The normalized spacial score (nSPS) is 10.3. The Morgan fingerprint density at radius 1 is 1.38 bits per heavy atom. The number of hydrogen-bond donors (Lipinski definition) is 2. The molecule has 0 atom stereocenters. The number of primary amides is 1. The van der Waals surface area contributed by atoms with Crippen LogP contribution in [0.5, 0.6) is 5.75 Å². The van der Waals surface area contributed by atoms with E-state index in [1.54, 1.807) is 18.2 Å². The molecule has 82 valence electrons. The van der Waals surface area contributed by atoms with Crippen molar-refractivity contribution >= 4 is 16.8 Å². The third-order valence-corrected chi connectivity index (χ3v) is 2.32. The van der Waals surface area contributed by atoms with Crippen LogP contribution in [0.4, 0.5) is 0 Å². The van der Waals surface area contributed by atoms with E-state index >= 15 is 0 Å². The van der Waals surface area contributed by atoms with Gasteiger partial charge in [0, 0.05) is 17.0 Å². The van der Waals surface area contributed by atoms with Crippen LogP contribution in [0.3, 0.4) is 0 Å². The van der Waals surface area contributed by atoms with Gasteiger partial charge in [-0.1, -0.05) is 0 Å². The Labute approximate surface area is 90.8 Å². The number of nitrogens with two attached hydrogens (primary N) is 1. The van der Waals surface area contributed by atoms with Crippen LogP contribution in [-0.4, -0.2) is 18.0 Å². The number of carbonyl (C=O) groups excluding carboxylic acids is 1. The Morgan fingerprint density at radius 2 is 2.12 bits per heavy atom. The topological polar surface area (TPSA) is 85.2 Å². The molecule has 0 saturated carbocycles. The van der Waals surface area contributed by atoms with E-state index in [9.17, 15) is 9.59 Å². The Morgan fingerprint density at radius 3 is 2.75 bits per heavy atom. The highest BCUT2D eigenvalue weighted by Gasteiger charge is 2.09. The van der Waals surface area contributed by atoms with Gasteiger partial charge in [-0.25, -0.2) is 0 Å². The molecule has 16 heavy (non-hydrogen) atoms. The number of amides is 1. The zero-order valence-electron chi connectivity index (χ0n) is 8.61. The number of aromatic nitrogens is 1. The van der Waals surface area contributed by atoms with E-state index in [1.165, 1.54) is 13.2 Å². The third kappa shape index (κ3) is 1.63. The Hall–Kier alpha value is -2.30. The highest BCUT2D eigenvalue weighted by molar-refractivity contribution is 6.05. The molecule has 3 N–H and O–H groups in total. The van der Waals surface area contributed by atoms with Crippen molar-refractivity contribution in [2.24, 2.45) is 5.73 Å². The molecular formula is C11H10N2O3. The molecule has 1 heterocycles. The summed E-state index contributed by atoms with van der Waals surface area (Å²) >= 11 is 0. The number of benzene rings is 1. The van der Waals surface area contributed by atoms with Crippen molar-refractivity contribution in [2.75, 3.05) is 7.11 Å². The van der Waals surface area contributed by atoms with E-state index in [1.807, 2.05) is 0 Å². The quantitative estimate of drug-likeness (QED) is 0.775. The summed E-state index contributed by atoms with van der Waals surface area (Å²) in [6, 6.07) is 6.21. The first-order valence-electron chi connectivity index (χ1n) is 4.62. The van der Waals surface area contributed by atoms with Crippen LogP contribution in [-0.2, 0) is 0 Å². The summed E-state index contributed by atoms with van der Waals surface area (Å²) in [5.74, 6) is -0.0357. The van der Waals surface area contributed by atoms with E-state index in [2.05, 4.69) is 4.98 Å². The molecule has 0 saturated heterocycles. The van der Waals surface area contributed by atoms with Crippen molar-refractivity contribution in [3.63, 3.8) is 0 Å². The highest BCUT2D eigenvalue weighted by Crippen LogP contribution is 2.20. The van der Waals surface area contributed by atoms with Gasteiger partial charge in [0.15, 0.2) is 0 Å². The minimum Gasteiger partial charge on any atom is -0.497 e. The summed E-state index contributed by atoms with van der Waals surface area (Å²) in [7, 11) is 1.52. The summed E-state index contributed by atoms with van der Waals surface area (Å²) in [5.41, 5.74) is 5.60. The first-order chi connectivity index (χ1) is 7.61. The van der Waals surface area contributed by atoms with Crippen LogP contribution in [0.1, 0.15) is 10.4 Å². The molecule has 0 bridgehead atoms. The number of carbonyl (C=O) groups is 1. The number of H-pyrrole nitrogens is 1. The summed E-state index contributed by atoms with van der Waals surface area (Å²) in [6.45, 7) is 0. The molecule has 1 aromatic heterocycles. The first kappa shape index (κ1) is 10.2. The smallest absolute Gasteiger partial charge is 0.249 e. The number of ether oxygens (including phenoxy) is 1. The summed E-state index contributed by atoms with van der Waals surface area (Å²) < 4.78 is 5.04. The molecule has 1 aromatic carbocycles. The lowest BCUT2D eigenvalue weighted by Crippen LogP contribution is -2.16. The van der Waals surface area contributed by atoms with Crippen molar-refractivity contribution in [1.82, 2.24) is 4.98 Å². The van der Waals surface area contributed by atoms with Crippen LogP contribution in [0.25, 0.3) is 10.9 Å². The van der Waals surface area contributed by atoms with Crippen molar-refractivity contribution in [3.8, 4) is 5.75 Å². The van der Waals surface area contributed by atoms with Gasteiger partial charge in [-0.05, 0) is 18.2 Å². The van der Waals surface area contributed by atoms with Crippen LogP contribution < -0.4 is 16.0 Å². The van der Waals surface area contributed by atoms with E-state index in [0.29, 0.717) is 16.7 Å². The maximum Gasteiger partial charge on any atom is 0.249 e. The minimum absolute atomic E-state index is 0.192. The Kier molecular flexibility index (Phi) is 2.36. The lowest BCUT2D eigenvalue weighted by Gasteiger charge is -2.05. The maximum atomic E-state index is 11.3. The number of aromatic amines is 1.